The molecule has 0 aliphatic heterocycles. The van der Waals surface area contributed by atoms with Crippen molar-refractivity contribution < 1.29 is 9.53 Å². The van der Waals surface area contributed by atoms with Gasteiger partial charge in [0.1, 0.15) is 16.2 Å². The Hall–Kier alpha value is -1.14. The molecule has 23 heavy (non-hydrogen) atoms. The minimum absolute atomic E-state index is 0.0242. The SMILES string of the molecule is CC[C@H](C)OC(=O)CSc1ncnc2sc3c(c12)CC[C@@H](C)C3. The fourth-order valence-electron chi connectivity index (χ4n) is 2.82. The van der Waals surface area contributed by atoms with E-state index in [0.29, 0.717) is 5.75 Å². The topological polar surface area (TPSA) is 52.1 Å². The molecule has 3 rings (SSSR count). The van der Waals surface area contributed by atoms with E-state index < -0.39 is 0 Å². The van der Waals surface area contributed by atoms with Gasteiger partial charge in [-0.2, -0.15) is 0 Å². The summed E-state index contributed by atoms with van der Waals surface area (Å²) in [5.74, 6) is 0.872. The average molecular weight is 351 g/mol. The Balaban J connectivity index is 1.80. The van der Waals surface area contributed by atoms with Crippen molar-refractivity contribution in [2.45, 2.75) is 57.6 Å². The number of thioether (sulfide) groups is 1. The third-order valence-corrected chi connectivity index (χ3v) is 6.42. The first-order valence-corrected chi connectivity index (χ1v) is 9.96. The molecule has 6 heteroatoms. The molecular weight excluding hydrogens is 328 g/mol. The van der Waals surface area contributed by atoms with Gasteiger partial charge in [-0.05, 0) is 44.1 Å². The van der Waals surface area contributed by atoms with E-state index in [1.54, 1.807) is 17.7 Å². The third kappa shape index (κ3) is 3.69. The highest BCUT2D eigenvalue weighted by atomic mass is 32.2. The largest absolute Gasteiger partial charge is 0.462 e. The number of hydrogen-bond donors (Lipinski definition) is 0. The van der Waals surface area contributed by atoms with E-state index in [0.717, 1.165) is 35.0 Å². The minimum Gasteiger partial charge on any atom is -0.462 e. The highest BCUT2D eigenvalue weighted by molar-refractivity contribution is 8.00. The van der Waals surface area contributed by atoms with Crippen molar-refractivity contribution in [3.63, 3.8) is 0 Å². The Morgan fingerprint density at radius 3 is 3.13 bits per heavy atom. The van der Waals surface area contributed by atoms with Gasteiger partial charge in [-0.15, -0.1) is 11.3 Å². The number of aryl methyl sites for hydroxylation is 1. The molecule has 0 bridgehead atoms. The zero-order chi connectivity index (χ0) is 16.4. The summed E-state index contributed by atoms with van der Waals surface area (Å²) in [5.41, 5.74) is 1.40. The molecule has 2 aromatic rings. The second-order valence-electron chi connectivity index (χ2n) is 6.21. The first-order chi connectivity index (χ1) is 11.1. The quantitative estimate of drug-likeness (QED) is 0.458. The predicted octanol–water partition coefficient (Wildman–Crippen LogP) is 4.25. The molecule has 0 spiro atoms. The molecule has 0 amide bonds. The summed E-state index contributed by atoms with van der Waals surface area (Å²) in [7, 11) is 0. The number of aromatic nitrogens is 2. The first kappa shape index (κ1) is 16.7. The number of esters is 1. The molecule has 1 aliphatic rings. The van der Waals surface area contributed by atoms with Crippen molar-refractivity contribution in [3.8, 4) is 0 Å². The van der Waals surface area contributed by atoms with E-state index in [4.69, 9.17) is 4.74 Å². The van der Waals surface area contributed by atoms with E-state index in [1.165, 1.54) is 34.0 Å². The molecule has 0 aromatic carbocycles. The fourth-order valence-corrected chi connectivity index (χ4v) is 5.05. The molecule has 0 saturated heterocycles. The minimum atomic E-state index is -0.172. The van der Waals surface area contributed by atoms with Crippen molar-refractivity contribution >= 4 is 39.3 Å². The first-order valence-electron chi connectivity index (χ1n) is 8.16. The second-order valence-corrected chi connectivity index (χ2v) is 8.26. The molecule has 124 valence electrons. The van der Waals surface area contributed by atoms with Crippen LogP contribution in [0.4, 0.5) is 0 Å². The predicted molar refractivity (Wildman–Crippen MR) is 95.2 cm³/mol. The van der Waals surface area contributed by atoms with Crippen molar-refractivity contribution in [1.29, 1.82) is 0 Å². The summed E-state index contributed by atoms with van der Waals surface area (Å²) in [5, 5.41) is 2.09. The summed E-state index contributed by atoms with van der Waals surface area (Å²) in [6, 6.07) is 0. The Morgan fingerprint density at radius 2 is 2.35 bits per heavy atom. The normalized spacial score (nSPS) is 18.7. The molecule has 2 heterocycles. The van der Waals surface area contributed by atoms with E-state index in [2.05, 4.69) is 16.9 Å². The van der Waals surface area contributed by atoms with Gasteiger partial charge in [0.05, 0.1) is 11.9 Å². The van der Waals surface area contributed by atoms with Gasteiger partial charge in [-0.3, -0.25) is 4.79 Å². The molecule has 2 atom stereocenters. The van der Waals surface area contributed by atoms with Crippen molar-refractivity contribution in [2.24, 2.45) is 5.92 Å². The van der Waals surface area contributed by atoms with Gasteiger partial charge >= 0.3 is 5.97 Å². The van der Waals surface area contributed by atoms with Crippen molar-refractivity contribution in [3.05, 3.63) is 16.8 Å². The number of nitrogens with zero attached hydrogens (tertiary/aromatic N) is 2. The maximum Gasteiger partial charge on any atom is 0.316 e. The van der Waals surface area contributed by atoms with Gasteiger partial charge in [-0.25, -0.2) is 9.97 Å². The Labute approximate surface area is 145 Å². The third-order valence-electron chi connectivity index (χ3n) is 4.29. The highest BCUT2D eigenvalue weighted by Crippen LogP contribution is 2.40. The maximum absolute atomic E-state index is 11.9. The molecule has 0 saturated carbocycles. The maximum atomic E-state index is 11.9. The number of carbonyl (C=O) groups is 1. The lowest BCUT2D eigenvalue weighted by Crippen LogP contribution is -2.15. The summed E-state index contributed by atoms with van der Waals surface area (Å²) in [4.78, 5) is 23.3. The second kappa shape index (κ2) is 7.18. The summed E-state index contributed by atoms with van der Waals surface area (Å²) >= 11 is 3.26. The van der Waals surface area contributed by atoms with Gasteiger partial charge in [-0.1, -0.05) is 25.6 Å². The van der Waals surface area contributed by atoms with Gasteiger partial charge in [0.15, 0.2) is 0 Å². The standard InChI is InChI=1S/C17H22N2O2S2/c1-4-11(3)21-14(20)8-22-16-15-12-6-5-10(2)7-13(12)23-17(15)19-9-18-16/h9-11H,4-8H2,1-3H3/t10-,11+/m1/s1. The van der Waals surface area contributed by atoms with Crippen LogP contribution in [0.15, 0.2) is 11.4 Å². The summed E-state index contributed by atoms with van der Waals surface area (Å²) < 4.78 is 5.34. The molecule has 0 fully saturated rings. The smallest absolute Gasteiger partial charge is 0.316 e. The highest BCUT2D eigenvalue weighted by Gasteiger charge is 2.23. The van der Waals surface area contributed by atoms with E-state index in [9.17, 15) is 4.79 Å². The van der Waals surface area contributed by atoms with E-state index in [1.807, 2.05) is 13.8 Å². The van der Waals surface area contributed by atoms with Crippen LogP contribution >= 0.6 is 23.1 Å². The van der Waals surface area contributed by atoms with Crippen molar-refractivity contribution in [1.82, 2.24) is 9.97 Å². The lowest BCUT2D eigenvalue weighted by Gasteiger charge is -2.18. The fraction of sp³-hybridized carbons (Fsp3) is 0.588. The van der Waals surface area contributed by atoms with Crippen LogP contribution in [0.25, 0.3) is 10.2 Å². The van der Waals surface area contributed by atoms with Gasteiger partial charge in [0, 0.05) is 10.3 Å². The van der Waals surface area contributed by atoms with Crippen LogP contribution in [0.3, 0.4) is 0 Å². The lowest BCUT2D eigenvalue weighted by atomic mass is 9.89. The van der Waals surface area contributed by atoms with Crippen LogP contribution in [0.2, 0.25) is 0 Å². The number of rotatable bonds is 5. The number of fused-ring (bicyclic) bond motifs is 3. The van der Waals surface area contributed by atoms with Crippen LogP contribution in [0.1, 0.15) is 44.1 Å². The van der Waals surface area contributed by atoms with Crippen LogP contribution in [-0.4, -0.2) is 27.8 Å². The van der Waals surface area contributed by atoms with E-state index >= 15 is 0 Å². The van der Waals surface area contributed by atoms with Crippen LogP contribution in [0.5, 0.6) is 0 Å². The molecule has 2 aromatic heterocycles. The molecular formula is C17H22N2O2S2. The zero-order valence-electron chi connectivity index (χ0n) is 13.8. The number of thiophene rings is 1. The van der Waals surface area contributed by atoms with Crippen LogP contribution < -0.4 is 0 Å². The Bertz CT molecular complexity index is 714. The number of ether oxygens (including phenoxy) is 1. The lowest BCUT2D eigenvalue weighted by molar-refractivity contribution is -0.144. The summed E-state index contributed by atoms with van der Waals surface area (Å²) in [6.45, 7) is 6.24. The molecule has 0 N–H and O–H groups in total. The average Bonchev–Trinajstić information content (AvgIpc) is 2.90. The zero-order valence-corrected chi connectivity index (χ0v) is 15.4. The molecule has 0 unspecified atom stereocenters. The summed E-state index contributed by atoms with van der Waals surface area (Å²) in [6.07, 6.45) is 5.86. The number of hydrogen-bond acceptors (Lipinski definition) is 6. The van der Waals surface area contributed by atoms with Crippen molar-refractivity contribution in [2.75, 3.05) is 5.75 Å². The van der Waals surface area contributed by atoms with Crippen LogP contribution in [-0.2, 0) is 22.4 Å². The van der Waals surface area contributed by atoms with Gasteiger partial charge < -0.3 is 4.74 Å². The Morgan fingerprint density at radius 1 is 1.52 bits per heavy atom. The van der Waals surface area contributed by atoms with Crippen LogP contribution in [0, 0.1) is 5.92 Å². The van der Waals surface area contributed by atoms with Gasteiger partial charge in [0.25, 0.3) is 0 Å². The van der Waals surface area contributed by atoms with Gasteiger partial charge in [0.2, 0.25) is 0 Å². The Kier molecular flexibility index (Phi) is 5.21. The van der Waals surface area contributed by atoms with E-state index in [-0.39, 0.29) is 12.1 Å². The number of carbonyl (C=O) groups excluding carboxylic acids is 1. The molecule has 4 nitrogen and oxygen atoms in total. The molecule has 0 radical (unpaired) electrons. The monoisotopic (exact) mass is 350 g/mol. The molecule has 1 aliphatic carbocycles.